The molecule has 0 radical (unpaired) electrons. The fourth-order valence-electron chi connectivity index (χ4n) is 1.92. The van der Waals surface area contributed by atoms with E-state index >= 15 is 0 Å². The van der Waals surface area contributed by atoms with E-state index < -0.39 is 0 Å². The number of hydrogen-bond donors (Lipinski definition) is 2. The van der Waals surface area contributed by atoms with Crippen molar-refractivity contribution in [3.8, 4) is 0 Å². The van der Waals surface area contributed by atoms with Gasteiger partial charge in [-0.2, -0.15) is 5.10 Å². The van der Waals surface area contributed by atoms with E-state index in [1.165, 1.54) is 4.68 Å². The lowest BCUT2D eigenvalue weighted by molar-refractivity contribution is -0.122. The van der Waals surface area contributed by atoms with Gasteiger partial charge in [-0.15, -0.1) is 0 Å². The number of anilines is 1. The second-order valence-corrected chi connectivity index (χ2v) is 5.62. The fraction of sp³-hybridized carbons (Fsp3) is 0.667. The van der Waals surface area contributed by atoms with Gasteiger partial charge in [0.2, 0.25) is 5.91 Å². The lowest BCUT2D eigenvalue weighted by Crippen LogP contribution is -2.41. The second-order valence-electron chi connectivity index (χ2n) is 5.62. The topological polar surface area (TPSA) is 76.2 Å². The van der Waals surface area contributed by atoms with Crippen LogP contribution in [0.25, 0.3) is 0 Å². The third kappa shape index (κ3) is 5.18. The van der Waals surface area contributed by atoms with E-state index in [-0.39, 0.29) is 17.9 Å². The van der Waals surface area contributed by atoms with Crippen LogP contribution in [0, 0.1) is 5.41 Å². The molecule has 1 amide bonds. The predicted octanol–water partition coefficient (Wildman–Crippen LogP) is 0.169. The maximum Gasteiger partial charge on any atom is 0.241 e. The molecule has 0 atom stereocenters. The SMILES string of the molecule is CN(C)CC(C)(C)CNC(=O)Cn1ccc(N)n1. The monoisotopic (exact) mass is 253 g/mol. The zero-order chi connectivity index (χ0) is 13.8. The maximum absolute atomic E-state index is 11.7. The molecule has 0 aliphatic heterocycles. The van der Waals surface area contributed by atoms with Gasteiger partial charge < -0.3 is 16.0 Å². The van der Waals surface area contributed by atoms with Crippen LogP contribution >= 0.6 is 0 Å². The van der Waals surface area contributed by atoms with Crippen molar-refractivity contribution in [2.24, 2.45) is 5.41 Å². The molecule has 0 aliphatic carbocycles. The standard InChI is InChI=1S/C12H23N5O/c1-12(2,9-16(3)4)8-14-11(18)7-17-6-5-10(13)15-17/h5-6H,7-9H2,1-4H3,(H2,13,15)(H,14,18). The summed E-state index contributed by atoms with van der Waals surface area (Å²) >= 11 is 0. The molecule has 6 nitrogen and oxygen atoms in total. The fourth-order valence-corrected chi connectivity index (χ4v) is 1.92. The summed E-state index contributed by atoms with van der Waals surface area (Å²) in [5.41, 5.74) is 5.53. The number of amides is 1. The highest BCUT2D eigenvalue weighted by Gasteiger charge is 2.19. The maximum atomic E-state index is 11.7. The summed E-state index contributed by atoms with van der Waals surface area (Å²) in [5, 5.41) is 6.89. The molecule has 0 bridgehead atoms. The summed E-state index contributed by atoms with van der Waals surface area (Å²) in [4.78, 5) is 13.8. The number of nitrogens with one attached hydrogen (secondary N) is 1. The number of nitrogens with zero attached hydrogens (tertiary/aromatic N) is 3. The second kappa shape index (κ2) is 5.86. The Morgan fingerprint density at radius 2 is 2.22 bits per heavy atom. The zero-order valence-electron chi connectivity index (χ0n) is 11.6. The molecule has 1 aromatic heterocycles. The van der Waals surface area contributed by atoms with Crippen molar-refractivity contribution in [3.63, 3.8) is 0 Å². The smallest absolute Gasteiger partial charge is 0.241 e. The molecule has 0 aromatic carbocycles. The van der Waals surface area contributed by atoms with E-state index in [9.17, 15) is 4.79 Å². The van der Waals surface area contributed by atoms with Crippen molar-refractivity contribution in [1.82, 2.24) is 20.0 Å². The van der Waals surface area contributed by atoms with Gasteiger partial charge in [0.1, 0.15) is 12.4 Å². The molecule has 1 heterocycles. The lowest BCUT2D eigenvalue weighted by Gasteiger charge is -2.28. The van der Waals surface area contributed by atoms with Crippen LogP contribution in [0.3, 0.4) is 0 Å². The normalized spacial score (nSPS) is 11.8. The van der Waals surface area contributed by atoms with E-state index in [1.807, 2.05) is 14.1 Å². The van der Waals surface area contributed by atoms with E-state index in [2.05, 4.69) is 29.2 Å². The minimum Gasteiger partial charge on any atom is -0.382 e. The van der Waals surface area contributed by atoms with Crippen LogP contribution in [0.15, 0.2) is 12.3 Å². The van der Waals surface area contributed by atoms with Gasteiger partial charge in [0, 0.05) is 19.3 Å². The Morgan fingerprint density at radius 3 is 2.72 bits per heavy atom. The van der Waals surface area contributed by atoms with Gasteiger partial charge in [0.15, 0.2) is 0 Å². The molecule has 1 aromatic rings. The van der Waals surface area contributed by atoms with Gasteiger partial charge >= 0.3 is 0 Å². The highest BCUT2D eigenvalue weighted by Crippen LogP contribution is 2.13. The number of nitrogens with two attached hydrogens (primary N) is 1. The van der Waals surface area contributed by atoms with Crippen LogP contribution in [0.1, 0.15) is 13.8 Å². The Hall–Kier alpha value is -1.56. The Labute approximate surface area is 108 Å². The van der Waals surface area contributed by atoms with Gasteiger partial charge in [-0.1, -0.05) is 13.8 Å². The molecule has 0 aliphatic rings. The molecule has 3 N–H and O–H groups in total. The summed E-state index contributed by atoms with van der Waals surface area (Å²) in [5.74, 6) is 0.376. The van der Waals surface area contributed by atoms with Crippen molar-refractivity contribution >= 4 is 11.7 Å². The van der Waals surface area contributed by atoms with Gasteiger partial charge in [-0.05, 0) is 25.6 Å². The first-order valence-electron chi connectivity index (χ1n) is 5.99. The summed E-state index contributed by atoms with van der Waals surface area (Å²) in [6.07, 6.45) is 1.69. The minimum atomic E-state index is -0.0510. The molecule has 0 unspecified atom stereocenters. The summed E-state index contributed by atoms with van der Waals surface area (Å²) < 4.78 is 1.53. The van der Waals surface area contributed by atoms with Crippen LogP contribution in [-0.2, 0) is 11.3 Å². The van der Waals surface area contributed by atoms with E-state index in [0.717, 1.165) is 6.54 Å². The molecule has 0 fully saturated rings. The minimum absolute atomic E-state index is 0.0440. The summed E-state index contributed by atoms with van der Waals surface area (Å²) in [7, 11) is 4.05. The Bertz CT molecular complexity index is 397. The number of hydrogen-bond acceptors (Lipinski definition) is 4. The number of rotatable bonds is 6. The van der Waals surface area contributed by atoms with Gasteiger partial charge in [-0.3, -0.25) is 9.48 Å². The Balaban J connectivity index is 2.37. The Morgan fingerprint density at radius 1 is 1.56 bits per heavy atom. The van der Waals surface area contributed by atoms with Crippen molar-refractivity contribution in [1.29, 1.82) is 0 Å². The third-order valence-electron chi connectivity index (χ3n) is 2.48. The predicted molar refractivity (Wildman–Crippen MR) is 72.0 cm³/mol. The quantitative estimate of drug-likeness (QED) is 0.757. The highest BCUT2D eigenvalue weighted by atomic mass is 16.2. The van der Waals surface area contributed by atoms with Crippen molar-refractivity contribution in [3.05, 3.63) is 12.3 Å². The average molecular weight is 253 g/mol. The third-order valence-corrected chi connectivity index (χ3v) is 2.48. The van der Waals surface area contributed by atoms with Crippen molar-refractivity contribution < 1.29 is 4.79 Å². The van der Waals surface area contributed by atoms with Gasteiger partial charge in [-0.25, -0.2) is 0 Å². The van der Waals surface area contributed by atoms with E-state index in [4.69, 9.17) is 5.73 Å². The summed E-state index contributed by atoms with van der Waals surface area (Å²) in [6, 6.07) is 1.67. The van der Waals surface area contributed by atoms with Crippen molar-refractivity contribution in [2.45, 2.75) is 20.4 Å². The van der Waals surface area contributed by atoms with Crippen LogP contribution in [-0.4, -0.2) is 47.8 Å². The molecule has 18 heavy (non-hydrogen) atoms. The highest BCUT2D eigenvalue weighted by molar-refractivity contribution is 5.75. The zero-order valence-corrected chi connectivity index (χ0v) is 11.6. The van der Waals surface area contributed by atoms with Gasteiger partial charge in [0.25, 0.3) is 0 Å². The lowest BCUT2D eigenvalue weighted by atomic mass is 9.93. The van der Waals surface area contributed by atoms with Crippen molar-refractivity contribution in [2.75, 3.05) is 32.9 Å². The number of aromatic nitrogens is 2. The Kier molecular flexibility index (Phi) is 4.72. The first-order valence-corrected chi connectivity index (χ1v) is 5.99. The van der Waals surface area contributed by atoms with E-state index in [0.29, 0.717) is 12.4 Å². The number of carbonyl (C=O) groups is 1. The molecular formula is C12H23N5O. The van der Waals surface area contributed by atoms with Crippen LogP contribution in [0.5, 0.6) is 0 Å². The van der Waals surface area contributed by atoms with Crippen LogP contribution in [0.4, 0.5) is 5.82 Å². The molecule has 0 saturated carbocycles. The largest absolute Gasteiger partial charge is 0.382 e. The molecular weight excluding hydrogens is 230 g/mol. The first-order chi connectivity index (χ1) is 8.28. The molecule has 1 rings (SSSR count). The molecule has 0 saturated heterocycles. The van der Waals surface area contributed by atoms with Gasteiger partial charge in [0.05, 0.1) is 0 Å². The van der Waals surface area contributed by atoms with E-state index in [1.54, 1.807) is 12.3 Å². The van der Waals surface area contributed by atoms with Crippen LogP contribution in [0.2, 0.25) is 0 Å². The van der Waals surface area contributed by atoms with Crippen LogP contribution < -0.4 is 11.1 Å². The molecule has 0 spiro atoms. The number of carbonyl (C=O) groups excluding carboxylic acids is 1. The molecule has 6 heteroatoms. The average Bonchev–Trinajstić information content (AvgIpc) is 2.59. The first kappa shape index (κ1) is 14.5. The molecule has 102 valence electrons. The summed E-state index contributed by atoms with van der Waals surface area (Å²) in [6.45, 7) is 6.01. The number of nitrogen functional groups attached to an aromatic ring is 1.